The molecule has 11 heteroatoms. The van der Waals surface area contributed by atoms with Crippen molar-refractivity contribution in [3.63, 3.8) is 0 Å². The van der Waals surface area contributed by atoms with Gasteiger partial charge in [-0.25, -0.2) is 9.13 Å². The molecule has 0 saturated heterocycles. The number of hydrogen-bond acceptors (Lipinski definition) is 3. The zero-order valence-electron chi connectivity index (χ0n) is 4.80. The first kappa shape index (κ1) is 18.3. The zero-order chi connectivity index (χ0) is 7.71. The quantitative estimate of drug-likeness (QED) is 0.487. The molecule has 0 aliphatic carbocycles. The van der Waals surface area contributed by atoms with Gasteiger partial charge in [-0.2, -0.15) is 4.31 Å². The third kappa shape index (κ3) is 18.4. The molecule has 0 aliphatic rings. The van der Waals surface area contributed by atoms with Crippen LogP contribution >= 0.6 is 15.6 Å². The molecule has 0 atom stereocenters. The van der Waals surface area contributed by atoms with Crippen molar-refractivity contribution in [3.05, 3.63) is 0 Å². The molecule has 0 amide bonds. The van der Waals surface area contributed by atoms with Crippen LogP contribution in [0.5, 0.6) is 0 Å². The maximum Gasteiger partial charge on any atom is 0.478 e. The van der Waals surface area contributed by atoms with Crippen LogP contribution in [-0.4, -0.2) is 19.6 Å². The molecule has 4 N–H and O–H groups in total. The summed E-state index contributed by atoms with van der Waals surface area (Å²) in [6.07, 6.45) is 0. The molecular weight excluding hydrogens is 276 g/mol. The van der Waals surface area contributed by atoms with Crippen LogP contribution in [0.15, 0.2) is 0 Å². The molecule has 0 heterocycles. The fourth-order valence-corrected chi connectivity index (χ4v) is 1.25. The fraction of sp³-hybridized carbons (Fsp3) is 0. The van der Waals surface area contributed by atoms with E-state index in [2.05, 4.69) is 4.31 Å². The van der Waals surface area contributed by atoms with Crippen molar-refractivity contribution in [2.75, 3.05) is 0 Å². The molecule has 0 saturated carbocycles. The predicted octanol–water partition coefficient (Wildman–Crippen LogP) is -0.817. The molecular formula is H4O7P2V2. The van der Waals surface area contributed by atoms with Crippen LogP contribution in [0.3, 0.4) is 0 Å². The monoisotopic (exact) mass is 280 g/mol. The van der Waals surface area contributed by atoms with Crippen molar-refractivity contribution in [3.8, 4) is 0 Å². The number of phosphoric acid groups is 2. The second-order valence-electron chi connectivity index (χ2n) is 1.06. The summed E-state index contributed by atoms with van der Waals surface area (Å²) in [6, 6.07) is 0. The molecule has 0 bridgehead atoms. The Labute approximate surface area is 85.8 Å². The first-order chi connectivity index (χ1) is 3.71. The molecule has 66 valence electrons. The standard InChI is InChI=1S/H4O7P2.2V/c1-8(2,3)7-9(4,5)6;;/h(H2,1,2,3)(H2,4,5,6);;. The SMILES string of the molecule is O=P(O)(O)OP(=O)(O)O.[V].[V]. The smallest absolute Gasteiger partial charge is 0.302 e. The van der Waals surface area contributed by atoms with Crippen LogP contribution in [0.25, 0.3) is 0 Å². The van der Waals surface area contributed by atoms with Gasteiger partial charge in [0.2, 0.25) is 0 Å². The third-order valence-corrected chi connectivity index (χ3v) is 1.91. The van der Waals surface area contributed by atoms with Gasteiger partial charge in [-0.15, -0.1) is 0 Å². The van der Waals surface area contributed by atoms with E-state index >= 15 is 0 Å². The summed E-state index contributed by atoms with van der Waals surface area (Å²) < 4.78 is 22.2. The van der Waals surface area contributed by atoms with Gasteiger partial charge in [0.1, 0.15) is 0 Å². The average Bonchev–Trinajstić information content (AvgIpc) is 1.14. The van der Waals surface area contributed by atoms with Crippen LogP contribution in [0.4, 0.5) is 0 Å². The molecule has 0 rings (SSSR count). The fourth-order valence-electron chi connectivity index (χ4n) is 0.139. The number of rotatable bonds is 2. The van der Waals surface area contributed by atoms with Gasteiger partial charge in [-0.1, -0.05) is 0 Å². The summed E-state index contributed by atoms with van der Waals surface area (Å²) in [5.41, 5.74) is 0. The van der Waals surface area contributed by atoms with Gasteiger partial charge in [-0.3, -0.25) is 0 Å². The van der Waals surface area contributed by atoms with Crippen molar-refractivity contribution in [2.45, 2.75) is 0 Å². The van der Waals surface area contributed by atoms with Gasteiger partial charge in [0.05, 0.1) is 0 Å². The molecule has 0 aliphatic heterocycles. The Bertz CT molecular complexity index is 155. The van der Waals surface area contributed by atoms with Crippen LogP contribution < -0.4 is 0 Å². The summed E-state index contributed by atoms with van der Waals surface area (Å²) >= 11 is 0. The van der Waals surface area contributed by atoms with E-state index in [-0.39, 0.29) is 37.1 Å². The van der Waals surface area contributed by atoms with Gasteiger partial charge in [0.25, 0.3) is 0 Å². The van der Waals surface area contributed by atoms with Crippen molar-refractivity contribution in [1.82, 2.24) is 0 Å². The van der Waals surface area contributed by atoms with Crippen molar-refractivity contribution in [1.29, 1.82) is 0 Å². The first-order valence-corrected chi connectivity index (χ1v) is 4.59. The Balaban J connectivity index is -0.000000320. The Morgan fingerprint density at radius 3 is 1.00 bits per heavy atom. The molecule has 0 aromatic rings. The third-order valence-electron chi connectivity index (χ3n) is 0.213. The Morgan fingerprint density at radius 2 is 1.00 bits per heavy atom. The Kier molecular flexibility index (Phi) is 9.91. The van der Waals surface area contributed by atoms with E-state index in [1.54, 1.807) is 0 Å². The normalized spacial score (nSPS) is 11.3. The molecule has 0 aromatic carbocycles. The molecule has 0 unspecified atom stereocenters. The van der Waals surface area contributed by atoms with Crippen molar-refractivity contribution >= 4 is 15.6 Å². The van der Waals surface area contributed by atoms with E-state index in [1.165, 1.54) is 0 Å². The summed E-state index contributed by atoms with van der Waals surface area (Å²) in [7, 11) is -10.1. The van der Waals surface area contributed by atoms with E-state index in [1.807, 2.05) is 0 Å². The van der Waals surface area contributed by atoms with Gasteiger partial charge in [0, 0.05) is 37.1 Å². The molecule has 0 fully saturated rings. The van der Waals surface area contributed by atoms with Gasteiger partial charge in [-0.05, 0) is 0 Å². The predicted molar refractivity (Wildman–Crippen MR) is 25.2 cm³/mol. The molecule has 7 nitrogen and oxygen atoms in total. The van der Waals surface area contributed by atoms with E-state index in [4.69, 9.17) is 19.6 Å². The van der Waals surface area contributed by atoms with E-state index in [0.717, 1.165) is 0 Å². The Morgan fingerprint density at radius 1 is 0.818 bits per heavy atom. The van der Waals surface area contributed by atoms with E-state index in [0.29, 0.717) is 0 Å². The maximum absolute atomic E-state index is 9.63. The zero-order valence-corrected chi connectivity index (χ0v) is 9.38. The second kappa shape index (κ2) is 5.97. The summed E-state index contributed by atoms with van der Waals surface area (Å²) in [5, 5.41) is 0. The molecule has 2 radical (unpaired) electrons. The van der Waals surface area contributed by atoms with Crippen LogP contribution in [0.2, 0.25) is 0 Å². The van der Waals surface area contributed by atoms with Crippen molar-refractivity contribution < 1.29 is 70.1 Å². The molecule has 11 heavy (non-hydrogen) atoms. The largest absolute Gasteiger partial charge is 0.478 e. The minimum absolute atomic E-state index is 0. The maximum atomic E-state index is 9.63. The van der Waals surface area contributed by atoms with Crippen molar-refractivity contribution in [2.24, 2.45) is 0 Å². The van der Waals surface area contributed by atoms with E-state index < -0.39 is 15.6 Å². The number of hydrogen-bond donors (Lipinski definition) is 4. The first-order valence-electron chi connectivity index (χ1n) is 1.53. The van der Waals surface area contributed by atoms with Crippen LogP contribution in [-0.2, 0) is 50.6 Å². The minimum atomic E-state index is -5.05. The van der Waals surface area contributed by atoms with E-state index in [9.17, 15) is 9.13 Å². The van der Waals surface area contributed by atoms with Crippen LogP contribution in [0, 0.1) is 0 Å². The van der Waals surface area contributed by atoms with Gasteiger partial charge in [0.15, 0.2) is 0 Å². The topological polar surface area (TPSA) is 124 Å². The molecule has 0 aromatic heterocycles. The summed E-state index contributed by atoms with van der Waals surface area (Å²) in [6.45, 7) is 0. The van der Waals surface area contributed by atoms with Crippen LogP contribution in [0.1, 0.15) is 0 Å². The summed E-state index contributed by atoms with van der Waals surface area (Å²) in [5.74, 6) is 0. The minimum Gasteiger partial charge on any atom is -0.302 e. The summed E-state index contributed by atoms with van der Waals surface area (Å²) in [4.78, 5) is 31.0. The molecule has 0 spiro atoms. The average molecular weight is 280 g/mol. The van der Waals surface area contributed by atoms with Gasteiger partial charge < -0.3 is 19.6 Å². The second-order valence-corrected chi connectivity index (χ2v) is 3.68. The van der Waals surface area contributed by atoms with Gasteiger partial charge >= 0.3 is 15.6 Å². The Hall–Kier alpha value is 1.43.